The Hall–Kier alpha value is -1.36. The average molecular weight is 326 g/mol. The molecule has 0 saturated heterocycles. The Balaban J connectivity index is 1.81. The third-order valence-electron chi connectivity index (χ3n) is 3.45. The number of benzene rings is 1. The van der Waals surface area contributed by atoms with E-state index in [1.165, 1.54) is 0 Å². The van der Waals surface area contributed by atoms with Crippen LogP contribution in [0.2, 0.25) is 0 Å². The molecule has 1 aromatic rings. The van der Waals surface area contributed by atoms with Crippen molar-refractivity contribution in [3.63, 3.8) is 0 Å². The van der Waals surface area contributed by atoms with Crippen LogP contribution in [0.4, 0.5) is 0 Å². The molecule has 5 heteroatoms. The number of carbonyl (C=O) groups excluding carboxylic acids is 1. The summed E-state index contributed by atoms with van der Waals surface area (Å²) in [4.78, 5) is 24.3. The summed E-state index contributed by atoms with van der Waals surface area (Å²) in [6, 6.07) is 7.97. The quantitative estimate of drug-likeness (QED) is 0.902. The smallest absolute Gasteiger partial charge is 0.307 e. The number of amides is 1. The summed E-state index contributed by atoms with van der Waals surface area (Å²) in [7, 11) is 1.73. The molecule has 0 heterocycles. The second-order valence-corrected chi connectivity index (χ2v) is 5.84. The molecule has 1 aliphatic carbocycles. The summed E-state index contributed by atoms with van der Waals surface area (Å²) in [5.41, 5.74) is 1.16. The van der Waals surface area contributed by atoms with Crippen molar-refractivity contribution in [2.24, 2.45) is 11.8 Å². The minimum atomic E-state index is -0.861. The molecule has 1 saturated carbocycles. The Labute approximate surface area is 120 Å². The maximum Gasteiger partial charge on any atom is 0.307 e. The number of carbonyl (C=O) groups is 2. The van der Waals surface area contributed by atoms with E-state index in [2.05, 4.69) is 15.9 Å². The molecule has 0 radical (unpaired) electrons. The fraction of sp³-hybridized carbons (Fsp3) is 0.429. The van der Waals surface area contributed by atoms with E-state index in [0.717, 1.165) is 16.5 Å². The van der Waals surface area contributed by atoms with Gasteiger partial charge < -0.3 is 10.0 Å². The van der Waals surface area contributed by atoms with E-state index in [4.69, 9.17) is 5.11 Å². The van der Waals surface area contributed by atoms with Gasteiger partial charge in [-0.25, -0.2) is 0 Å². The van der Waals surface area contributed by atoms with Crippen LogP contribution in [0, 0.1) is 11.8 Å². The summed E-state index contributed by atoms with van der Waals surface area (Å²) in [6.07, 6.45) is 1.26. The highest BCUT2D eigenvalue weighted by atomic mass is 79.9. The van der Waals surface area contributed by atoms with Crippen LogP contribution in [0.3, 0.4) is 0 Å². The highest BCUT2D eigenvalue weighted by Gasteiger charge is 2.49. The molecule has 1 aromatic carbocycles. The lowest BCUT2D eigenvalue weighted by molar-refractivity contribution is -0.141. The molecule has 1 fully saturated rings. The molecule has 0 spiro atoms. The highest BCUT2D eigenvalue weighted by molar-refractivity contribution is 9.10. The van der Waals surface area contributed by atoms with Gasteiger partial charge in [0.1, 0.15) is 0 Å². The van der Waals surface area contributed by atoms with E-state index in [1.54, 1.807) is 11.9 Å². The third kappa shape index (κ3) is 3.56. The monoisotopic (exact) mass is 325 g/mol. The predicted molar refractivity (Wildman–Crippen MR) is 74.7 cm³/mol. The SMILES string of the molecule is CN(CCc1ccc(Br)cc1)C(=O)C1CC1C(=O)O. The molecule has 0 bridgehead atoms. The van der Waals surface area contributed by atoms with Gasteiger partial charge in [0.15, 0.2) is 0 Å². The minimum absolute atomic E-state index is 0.0514. The number of likely N-dealkylation sites (N-methyl/N-ethyl adjacent to an activating group) is 1. The fourth-order valence-electron chi connectivity index (χ4n) is 2.08. The van der Waals surface area contributed by atoms with Gasteiger partial charge in [0.25, 0.3) is 0 Å². The van der Waals surface area contributed by atoms with Crippen molar-refractivity contribution in [1.82, 2.24) is 4.90 Å². The first-order valence-electron chi connectivity index (χ1n) is 6.21. The number of hydrogen-bond acceptors (Lipinski definition) is 2. The van der Waals surface area contributed by atoms with Gasteiger partial charge in [-0.15, -0.1) is 0 Å². The van der Waals surface area contributed by atoms with Crippen LogP contribution >= 0.6 is 15.9 Å². The van der Waals surface area contributed by atoms with Gasteiger partial charge in [0, 0.05) is 18.1 Å². The lowest BCUT2D eigenvalue weighted by Crippen LogP contribution is -2.31. The van der Waals surface area contributed by atoms with Crippen molar-refractivity contribution in [2.75, 3.05) is 13.6 Å². The van der Waals surface area contributed by atoms with Crippen molar-refractivity contribution in [2.45, 2.75) is 12.8 Å². The third-order valence-corrected chi connectivity index (χ3v) is 3.98. The van der Waals surface area contributed by atoms with Crippen molar-refractivity contribution < 1.29 is 14.7 Å². The van der Waals surface area contributed by atoms with Gasteiger partial charge in [0.05, 0.1) is 11.8 Å². The molecule has 0 aliphatic heterocycles. The van der Waals surface area contributed by atoms with Crippen LogP contribution in [-0.4, -0.2) is 35.5 Å². The maximum absolute atomic E-state index is 12.0. The molecule has 4 nitrogen and oxygen atoms in total. The van der Waals surface area contributed by atoms with Gasteiger partial charge >= 0.3 is 5.97 Å². The first-order chi connectivity index (χ1) is 8.99. The number of carboxylic acid groups (broad SMARTS) is 1. The zero-order chi connectivity index (χ0) is 14.0. The Kier molecular flexibility index (Phi) is 4.24. The Morgan fingerprint density at radius 3 is 2.47 bits per heavy atom. The fourth-order valence-corrected chi connectivity index (χ4v) is 2.35. The van der Waals surface area contributed by atoms with Crippen LogP contribution < -0.4 is 0 Å². The molecule has 2 atom stereocenters. The zero-order valence-electron chi connectivity index (χ0n) is 10.7. The summed E-state index contributed by atoms with van der Waals surface area (Å²) in [5.74, 6) is -1.70. The van der Waals surface area contributed by atoms with Crippen molar-refractivity contribution in [3.8, 4) is 0 Å². The molecule has 2 rings (SSSR count). The van der Waals surface area contributed by atoms with E-state index >= 15 is 0 Å². The van der Waals surface area contributed by atoms with Gasteiger partial charge in [-0.3, -0.25) is 9.59 Å². The summed E-state index contributed by atoms with van der Waals surface area (Å²) in [5, 5.41) is 8.81. The standard InChI is InChI=1S/C14H16BrNO3/c1-16(13(17)11-8-12(11)14(18)19)7-6-9-2-4-10(15)5-3-9/h2-5,11-12H,6-8H2,1H3,(H,18,19). The van der Waals surface area contributed by atoms with E-state index in [9.17, 15) is 9.59 Å². The number of rotatable bonds is 5. The van der Waals surface area contributed by atoms with E-state index in [1.807, 2.05) is 24.3 Å². The second kappa shape index (κ2) is 5.74. The van der Waals surface area contributed by atoms with Crippen LogP contribution in [0.15, 0.2) is 28.7 Å². The number of nitrogens with zero attached hydrogens (tertiary/aromatic N) is 1. The molecule has 1 N–H and O–H groups in total. The number of aliphatic carboxylic acids is 1. The molecule has 2 unspecified atom stereocenters. The lowest BCUT2D eigenvalue weighted by atomic mass is 10.1. The van der Waals surface area contributed by atoms with Gasteiger partial charge in [-0.05, 0) is 30.5 Å². The number of halogens is 1. The Bertz CT molecular complexity index is 486. The van der Waals surface area contributed by atoms with E-state index < -0.39 is 11.9 Å². The maximum atomic E-state index is 12.0. The first-order valence-corrected chi connectivity index (χ1v) is 7.00. The average Bonchev–Trinajstić information content (AvgIpc) is 3.17. The summed E-state index contributed by atoms with van der Waals surface area (Å²) >= 11 is 3.38. The second-order valence-electron chi connectivity index (χ2n) is 4.92. The molecule has 1 aliphatic rings. The minimum Gasteiger partial charge on any atom is -0.481 e. The predicted octanol–water partition coefficient (Wildman–Crippen LogP) is 2.17. The molecule has 102 valence electrons. The molecular weight excluding hydrogens is 310 g/mol. The van der Waals surface area contributed by atoms with E-state index in [-0.39, 0.29) is 11.8 Å². The van der Waals surface area contributed by atoms with Crippen LogP contribution in [0.1, 0.15) is 12.0 Å². The normalized spacial score (nSPS) is 20.9. The van der Waals surface area contributed by atoms with Crippen LogP contribution in [0.25, 0.3) is 0 Å². The van der Waals surface area contributed by atoms with Gasteiger partial charge in [-0.1, -0.05) is 28.1 Å². The summed E-state index contributed by atoms with van der Waals surface area (Å²) in [6.45, 7) is 0.614. The van der Waals surface area contributed by atoms with Crippen LogP contribution in [-0.2, 0) is 16.0 Å². The molecular formula is C14H16BrNO3. The topological polar surface area (TPSA) is 57.6 Å². The van der Waals surface area contributed by atoms with Crippen molar-refractivity contribution in [3.05, 3.63) is 34.3 Å². The molecule has 19 heavy (non-hydrogen) atoms. The van der Waals surface area contributed by atoms with Gasteiger partial charge in [-0.2, -0.15) is 0 Å². The largest absolute Gasteiger partial charge is 0.481 e. The number of carboxylic acids is 1. The van der Waals surface area contributed by atoms with Gasteiger partial charge in [0.2, 0.25) is 5.91 Å². The zero-order valence-corrected chi connectivity index (χ0v) is 12.3. The van der Waals surface area contributed by atoms with E-state index in [0.29, 0.717) is 13.0 Å². The Morgan fingerprint density at radius 1 is 1.32 bits per heavy atom. The summed E-state index contributed by atoms with van der Waals surface area (Å²) < 4.78 is 1.03. The Morgan fingerprint density at radius 2 is 1.95 bits per heavy atom. The number of hydrogen-bond donors (Lipinski definition) is 1. The van der Waals surface area contributed by atoms with Crippen molar-refractivity contribution >= 4 is 27.8 Å². The first kappa shape index (κ1) is 14.1. The molecule has 0 aromatic heterocycles. The van der Waals surface area contributed by atoms with Crippen molar-refractivity contribution in [1.29, 1.82) is 0 Å². The highest BCUT2D eigenvalue weighted by Crippen LogP contribution is 2.39. The molecule has 1 amide bonds. The van der Waals surface area contributed by atoms with Crippen LogP contribution in [0.5, 0.6) is 0 Å². The lowest BCUT2D eigenvalue weighted by Gasteiger charge is -2.17.